The Hall–Kier alpha value is -2.25. The van der Waals surface area contributed by atoms with Crippen LogP contribution in [0.25, 0.3) is 0 Å². The molecule has 3 unspecified atom stereocenters. The van der Waals surface area contributed by atoms with Gasteiger partial charge in [0.05, 0.1) is 5.56 Å². The van der Waals surface area contributed by atoms with Crippen molar-refractivity contribution in [2.75, 3.05) is 13.3 Å². The van der Waals surface area contributed by atoms with Crippen molar-refractivity contribution in [3.8, 4) is 0 Å². The number of hydrogen-bond acceptors (Lipinski definition) is 8. The first-order valence-electron chi connectivity index (χ1n) is 9.36. The van der Waals surface area contributed by atoms with Crippen LogP contribution < -0.4 is 0 Å². The van der Waals surface area contributed by atoms with Gasteiger partial charge in [-0.2, -0.15) is 0 Å². The fraction of sp³-hybridized carbons (Fsp3) is 0.550. The van der Waals surface area contributed by atoms with Gasteiger partial charge < -0.3 is 23.5 Å². The summed E-state index contributed by atoms with van der Waals surface area (Å²) < 4.78 is 49.0. The van der Waals surface area contributed by atoms with E-state index in [9.17, 15) is 18.9 Å². The first-order valence-corrected chi connectivity index (χ1v) is 12.0. The van der Waals surface area contributed by atoms with Crippen molar-refractivity contribution < 1.29 is 42.3 Å². The third-order valence-corrected chi connectivity index (χ3v) is 6.10. The Morgan fingerprint density at radius 3 is 2.13 bits per heavy atom. The SMILES string of the molecule is CC(=O)OC1O[C@H](C(OC(=O)c2ccccc2)C(F)P(C)(C)=O)[C@@H](C)[C@H]1OC(C)=O. The molecule has 1 aromatic rings. The highest BCUT2D eigenvalue weighted by molar-refractivity contribution is 7.62. The number of alkyl halides is 1. The van der Waals surface area contributed by atoms with Crippen LogP contribution >= 0.6 is 7.14 Å². The Bertz CT molecular complexity index is 823. The number of rotatable bonds is 7. The second kappa shape index (κ2) is 9.71. The number of ether oxygens (including phenoxy) is 4. The maximum atomic E-state index is 15.2. The van der Waals surface area contributed by atoms with Crippen LogP contribution in [0, 0.1) is 5.92 Å². The van der Waals surface area contributed by atoms with Gasteiger partial charge in [0.15, 0.2) is 18.1 Å². The fourth-order valence-electron chi connectivity index (χ4n) is 3.18. The predicted molar refractivity (Wildman–Crippen MR) is 105 cm³/mol. The summed E-state index contributed by atoms with van der Waals surface area (Å²) in [4.78, 5) is 35.5. The van der Waals surface area contributed by atoms with Crippen LogP contribution in [0.2, 0.25) is 0 Å². The smallest absolute Gasteiger partial charge is 0.338 e. The summed E-state index contributed by atoms with van der Waals surface area (Å²) in [5.74, 6) is -4.95. The van der Waals surface area contributed by atoms with E-state index in [2.05, 4.69) is 0 Å². The number of benzene rings is 1. The normalized spacial score (nSPS) is 25.8. The number of halogens is 1. The third kappa shape index (κ3) is 5.89. The average molecular weight is 444 g/mol. The molecule has 1 aromatic carbocycles. The number of carbonyl (C=O) groups is 3. The molecule has 1 aliphatic rings. The second-order valence-corrected chi connectivity index (χ2v) is 10.9. The number of hydrogen-bond donors (Lipinski definition) is 0. The van der Waals surface area contributed by atoms with Crippen LogP contribution in [0.15, 0.2) is 30.3 Å². The van der Waals surface area contributed by atoms with Crippen molar-refractivity contribution in [3.05, 3.63) is 35.9 Å². The molecule has 1 aliphatic heterocycles. The van der Waals surface area contributed by atoms with E-state index in [1.807, 2.05) is 0 Å². The molecule has 0 aromatic heterocycles. The van der Waals surface area contributed by atoms with E-state index >= 15 is 4.39 Å². The molecule has 0 amide bonds. The summed E-state index contributed by atoms with van der Waals surface area (Å²) >= 11 is 0. The zero-order chi connectivity index (χ0) is 22.6. The zero-order valence-electron chi connectivity index (χ0n) is 17.4. The van der Waals surface area contributed by atoms with Gasteiger partial charge in [-0.15, -0.1) is 0 Å². The molecule has 0 bridgehead atoms. The lowest BCUT2D eigenvalue weighted by atomic mass is 9.96. The molecule has 1 heterocycles. The highest BCUT2D eigenvalue weighted by Crippen LogP contribution is 2.49. The largest absolute Gasteiger partial charge is 0.455 e. The van der Waals surface area contributed by atoms with Gasteiger partial charge in [-0.1, -0.05) is 25.1 Å². The zero-order valence-corrected chi connectivity index (χ0v) is 18.3. The molecule has 2 rings (SSSR count). The second-order valence-electron chi connectivity index (χ2n) is 7.55. The Kier molecular flexibility index (Phi) is 7.77. The summed E-state index contributed by atoms with van der Waals surface area (Å²) in [6.07, 6.45) is -5.11. The number of esters is 3. The molecular formula is C20H26FO8P. The molecule has 0 spiro atoms. The van der Waals surface area contributed by atoms with E-state index in [1.165, 1.54) is 32.4 Å². The lowest BCUT2D eigenvalue weighted by Gasteiger charge is -2.30. The summed E-state index contributed by atoms with van der Waals surface area (Å²) in [6.45, 7) is 6.35. The predicted octanol–water partition coefficient (Wildman–Crippen LogP) is 2.99. The minimum atomic E-state index is -3.37. The third-order valence-electron chi connectivity index (χ3n) is 4.62. The average Bonchev–Trinajstić information content (AvgIpc) is 2.93. The van der Waals surface area contributed by atoms with Crippen LogP contribution in [0.4, 0.5) is 4.39 Å². The van der Waals surface area contributed by atoms with Crippen LogP contribution in [-0.2, 0) is 33.1 Å². The van der Waals surface area contributed by atoms with Crippen LogP contribution in [0.5, 0.6) is 0 Å². The van der Waals surface area contributed by atoms with Crippen LogP contribution in [0.3, 0.4) is 0 Å². The molecule has 0 aliphatic carbocycles. The van der Waals surface area contributed by atoms with Gasteiger partial charge in [-0.3, -0.25) is 9.59 Å². The molecule has 10 heteroatoms. The van der Waals surface area contributed by atoms with E-state index in [0.717, 1.165) is 6.92 Å². The molecular weight excluding hydrogens is 418 g/mol. The van der Waals surface area contributed by atoms with Gasteiger partial charge in [0.2, 0.25) is 6.29 Å². The van der Waals surface area contributed by atoms with E-state index in [4.69, 9.17) is 18.9 Å². The van der Waals surface area contributed by atoms with Gasteiger partial charge in [0.25, 0.3) is 0 Å². The summed E-state index contributed by atoms with van der Waals surface area (Å²) in [5.41, 5.74) is 0.176. The summed E-state index contributed by atoms with van der Waals surface area (Å²) in [5, 5.41) is 0. The molecule has 8 nitrogen and oxygen atoms in total. The molecule has 0 radical (unpaired) electrons. The molecule has 30 heavy (non-hydrogen) atoms. The lowest BCUT2D eigenvalue weighted by Crippen LogP contribution is -2.43. The van der Waals surface area contributed by atoms with Gasteiger partial charge in [0, 0.05) is 19.8 Å². The van der Waals surface area contributed by atoms with E-state index < -0.39 is 61.5 Å². The minimum absolute atomic E-state index is 0.176. The van der Waals surface area contributed by atoms with Gasteiger partial charge in [0.1, 0.15) is 13.2 Å². The Morgan fingerprint density at radius 2 is 1.63 bits per heavy atom. The quantitative estimate of drug-likeness (QED) is 0.359. The molecule has 0 saturated carbocycles. The summed E-state index contributed by atoms with van der Waals surface area (Å²) in [7, 11) is -3.37. The maximum absolute atomic E-state index is 15.2. The minimum Gasteiger partial charge on any atom is -0.455 e. The van der Waals surface area contributed by atoms with Crippen molar-refractivity contribution in [2.24, 2.45) is 5.92 Å². The monoisotopic (exact) mass is 444 g/mol. The Balaban J connectivity index is 2.36. The molecule has 0 N–H and O–H groups in total. The lowest BCUT2D eigenvalue weighted by molar-refractivity contribution is -0.199. The Morgan fingerprint density at radius 1 is 1.07 bits per heavy atom. The van der Waals surface area contributed by atoms with Gasteiger partial charge in [-0.25, -0.2) is 9.18 Å². The molecule has 1 saturated heterocycles. The van der Waals surface area contributed by atoms with Crippen molar-refractivity contribution in [1.82, 2.24) is 0 Å². The van der Waals surface area contributed by atoms with Gasteiger partial charge >= 0.3 is 17.9 Å². The highest BCUT2D eigenvalue weighted by atomic mass is 31.2. The molecule has 166 valence electrons. The van der Waals surface area contributed by atoms with Gasteiger partial charge in [-0.05, 0) is 25.5 Å². The van der Waals surface area contributed by atoms with E-state index in [-0.39, 0.29) is 5.56 Å². The van der Waals surface area contributed by atoms with E-state index in [1.54, 1.807) is 25.1 Å². The highest BCUT2D eigenvalue weighted by Gasteiger charge is 2.54. The van der Waals surface area contributed by atoms with Crippen molar-refractivity contribution in [3.63, 3.8) is 0 Å². The van der Waals surface area contributed by atoms with Crippen molar-refractivity contribution >= 4 is 25.0 Å². The maximum Gasteiger partial charge on any atom is 0.338 e. The number of carbonyl (C=O) groups excluding carboxylic acids is 3. The van der Waals surface area contributed by atoms with E-state index in [0.29, 0.717) is 0 Å². The first kappa shape index (κ1) is 24.0. The molecule has 1 fully saturated rings. The standard InChI is InChI=1S/C20H26FO8P/c1-11-15(29-20(27-13(3)23)16(11)26-12(2)22)17(18(21)30(4,5)25)28-19(24)14-9-7-6-8-10-14/h6-11,15-18,20H,1-5H3/t11-,15+,16-,17?,18?,20?/m1/s1. The Labute approximate surface area is 174 Å². The van der Waals surface area contributed by atoms with Crippen LogP contribution in [0.1, 0.15) is 31.1 Å². The van der Waals surface area contributed by atoms with Crippen LogP contribution in [-0.4, -0.2) is 61.8 Å². The van der Waals surface area contributed by atoms with Crippen molar-refractivity contribution in [1.29, 1.82) is 0 Å². The fourth-order valence-corrected chi connectivity index (χ4v) is 4.12. The molecule has 6 atom stereocenters. The first-order chi connectivity index (χ1) is 13.9. The summed E-state index contributed by atoms with van der Waals surface area (Å²) in [6, 6.07) is 7.92. The van der Waals surface area contributed by atoms with Crippen molar-refractivity contribution in [2.45, 2.75) is 51.3 Å². The topological polar surface area (TPSA) is 105 Å².